The molecule has 2 rings (SSSR count). The zero-order valence-corrected chi connectivity index (χ0v) is 8.92. The Morgan fingerprint density at radius 1 is 1.33 bits per heavy atom. The molecule has 0 saturated carbocycles. The third-order valence-electron chi connectivity index (χ3n) is 3.13. The van der Waals surface area contributed by atoms with E-state index in [0.29, 0.717) is 5.56 Å². The third-order valence-corrected chi connectivity index (χ3v) is 3.13. The minimum Gasteiger partial charge on any atom is -0.478 e. The summed E-state index contributed by atoms with van der Waals surface area (Å²) in [5.74, 6) is -0.868. The summed E-state index contributed by atoms with van der Waals surface area (Å²) in [5.41, 5.74) is 3.55. The molecule has 3 heteroatoms. The Balaban J connectivity index is 2.50. The van der Waals surface area contributed by atoms with E-state index in [-0.39, 0.29) is 0 Å². The Hall–Kier alpha value is -1.38. The van der Waals surface area contributed by atoms with Crippen LogP contribution in [0.5, 0.6) is 0 Å². The van der Waals surface area contributed by atoms with Crippen LogP contribution >= 0.6 is 0 Å². The SMILES string of the molecule is Cc1c(C(=O)O)cnc2c1CCCCC2. The second-order valence-corrected chi connectivity index (χ2v) is 4.09. The standard InChI is InChI=1S/C12H15NO2/c1-8-9-5-3-2-4-6-11(9)13-7-10(8)12(14)15/h7H,2-6H2,1H3,(H,14,15). The first kappa shape index (κ1) is 10.1. The van der Waals surface area contributed by atoms with Crippen LogP contribution in [0.4, 0.5) is 0 Å². The fourth-order valence-corrected chi connectivity index (χ4v) is 2.23. The van der Waals surface area contributed by atoms with Gasteiger partial charge in [0.15, 0.2) is 0 Å². The lowest BCUT2D eigenvalue weighted by Crippen LogP contribution is -2.07. The normalized spacial score (nSPS) is 15.5. The predicted molar refractivity (Wildman–Crippen MR) is 57.2 cm³/mol. The molecular weight excluding hydrogens is 190 g/mol. The van der Waals surface area contributed by atoms with Gasteiger partial charge in [0.25, 0.3) is 0 Å². The van der Waals surface area contributed by atoms with Crippen molar-refractivity contribution in [3.63, 3.8) is 0 Å². The highest BCUT2D eigenvalue weighted by atomic mass is 16.4. The summed E-state index contributed by atoms with van der Waals surface area (Å²) in [7, 11) is 0. The van der Waals surface area contributed by atoms with Crippen LogP contribution in [-0.2, 0) is 12.8 Å². The molecule has 0 radical (unpaired) electrons. The summed E-state index contributed by atoms with van der Waals surface area (Å²) in [4.78, 5) is 15.2. The number of carboxylic acids is 1. The van der Waals surface area contributed by atoms with Crippen molar-refractivity contribution in [2.75, 3.05) is 0 Å². The molecule has 0 aliphatic heterocycles. The van der Waals surface area contributed by atoms with Crippen LogP contribution in [0.2, 0.25) is 0 Å². The first-order valence-electron chi connectivity index (χ1n) is 5.41. The molecule has 1 aromatic heterocycles. The molecule has 0 amide bonds. The number of hydrogen-bond acceptors (Lipinski definition) is 2. The molecule has 15 heavy (non-hydrogen) atoms. The number of carboxylic acid groups (broad SMARTS) is 1. The molecule has 3 nitrogen and oxygen atoms in total. The van der Waals surface area contributed by atoms with E-state index in [1.165, 1.54) is 24.6 Å². The molecule has 0 atom stereocenters. The number of pyridine rings is 1. The molecule has 0 aromatic carbocycles. The van der Waals surface area contributed by atoms with Crippen molar-refractivity contribution in [1.29, 1.82) is 0 Å². The average Bonchev–Trinajstić information content (AvgIpc) is 2.43. The molecule has 1 aromatic rings. The van der Waals surface area contributed by atoms with Crippen LogP contribution in [-0.4, -0.2) is 16.1 Å². The van der Waals surface area contributed by atoms with E-state index in [2.05, 4.69) is 4.98 Å². The summed E-state index contributed by atoms with van der Waals surface area (Å²) in [6.45, 7) is 1.90. The van der Waals surface area contributed by atoms with Gasteiger partial charge < -0.3 is 5.11 Å². The number of hydrogen-bond donors (Lipinski definition) is 1. The monoisotopic (exact) mass is 205 g/mol. The van der Waals surface area contributed by atoms with Gasteiger partial charge in [-0.05, 0) is 43.7 Å². The second kappa shape index (κ2) is 4.01. The Kier molecular flexibility index (Phi) is 2.71. The minimum absolute atomic E-state index is 0.357. The molecule has 1 heterocycles. The van der Waals surface area contributed by atoms with E-state index >= 15 is 0 Å². The molecule has 0 unspecified atom stereocenters. The van der Waals surface area contributed by atoms with Gasteiger partial charge in [-0.3, -0.25) is 4.98 Å². The van der Waals surface area contributed by atoms with Gasteiger partial charge in [-0.1, -0.05) is 6.42 Å². The fourth-order valence-electron chi connectivity index (χ4n) is 2.23. The van der Waals surface area contributed by atoms with Gasteiger partial charge in [-0.2, -0.15) is 0 Å². The average molecular weight is 205 g/mol. The molecule has 0 bridgehead atoms. The summed E-state index contributed by atoms with van der Waals surface area (Å²) in [5, 5.41) is 9.00. The molecule has 0 fully saturated rings. The zero-order valence-electron chi connectivity index (χ0n) is 8.92. The molecule has 1 aliphatic carbocycles. The van der Waals surface area contributed by atoms with Crippen molar-refractivity contribution in [2.24, 2.45) is 0 Å². The zero-order chi connectivity index (χ0) is 10.8. The van der Waals surface area contributed by atoms with Gasteiger partial charge in [0, 0.05) is 11.9 Å². The number of nitrogens with zero attached hydrogens (tertiary/aromatic N) is 1. The van der Waals surface area contributed by atoms with E-state index in [0.717, 1.165) is 30.5 Å². The topological polar surface area (TPSA) is 50.2 Å². The number of aryl methyl sites for hydroxylation is 1. The van der Waals surface area contributed by atoms with E-state index in [4.69, 9.17) is 5.11 Å². The van der Waals surface area contributed by atoms with Crippen LogP contribution in [0.25, 0.3) is 0 Å². The maximum absolute atomic E-state index is 11.0. The first-order valence-corrected chi connectivity index (χ1v) is 5.41. The van der Waals surface area contributed by atoms with Gasteiger partial charge >= 0.3 is 5.97 Å². The maximum Gasteiger partial charge on any atom is 0.337 e. The predicted octanol–water partition coefficient (Wildman–Crippen LogP) is 2.36. The third kappa shape index (κ3) is 1.87. The molecule has 1 aliphatic rings. The minimum atomic E-state index is -0.868. The molecule has 80 valence electrons. The lowest BCUT2D eigenvalue weighted by Gasteiger charge is -2.10. The Morgan fingerprint density at radius 3 is 2.80 bits per heavy atom. The van der Waals surface area contributed by atoms with Crippen LogP contribution in [0.1, 0.15) is 46.4 Å². The van der Waals surface area contributed by atoms with Crippen molar-refractivity contribution < 1.29 is 9.90 Å². The van der Waals surface area contributed by atoms with E-state index < -0.39 is 5.97 Å². The smallest absolute Gasteiger partial charge is 0.337 e. The van der Waals surface area contributed by atoms with Crippen molar-refractivity contribution in [1.82, 2.24) is 4.98 Å². The molecule has 1 N–H and O–H groups in total. The van der Waals surface area contributed by atoms with Gasteiger partial charge in [0.1, 0.15) is 0 Å². The Morgan fingerprint density at radius 2 is 2.07 bits per heavy atom. The Labute approximate surface area is 89.2 Å². The summed E-state index contributed by atoms with van der Waals surface area (Å²) < 4.78 is 0. The number of rotatable bonds is 1. The number of aromatic carboxylic acids is 1. The largest absolute Gasteiger partial charge is 0.478 e. The van der Waals surface area contributed by atoms with Gasteiger partial charge in [-0.15, -0.1) is 0 Å². The van der Waals surface area contributed by atoms with Crippen molar-refractivity contribution in [2.45, 2.75) is 39.0 Å². The highest BCUT2D eigenvalue weighted by molar-refractivity contribution is 5.89. The Bertz CT molecular complexity index is 399. The molecular formula is C12H15NO2. The van der Waals surface area contributed by atoms with Gasteiger partial charge in [0.05, 0.1) is 5.56 Å². The van der Waals surface area contributed by atoms with Crippen LogP contribution < -0.4 is 0 Å². The first-order chi connectivity index (χ1) is 7.20. The van der Waals surface area contributed by atoms with Crippen LogP contribution in [0, 0.1) is 6.92 Å². The van der Waals surface area contributed by atoms with Gasteiger partial charge in [-0.25, -0.2) is 4.79 Å². The summed E-state index contributed by atoms with van der Waals surface area (Å²) in [6.07, 6.45) is 7.02. The van der Waals surface area contributed by atoms with E-state index in [1.54, 1.807) is 0 Å². The lowest BCUT2D eigenvalue weighted by atomic mass is 9.99. The maximum atomic E-state index is 11.0. The summed E-state index contributed by atoms with van der Waals surface area (Å²) in [6, 6.07) is 0. The number of carbonyl (C=O) groups is 1. The summed E-state index contributed by atoms with van der Waals surface area (Å²) >= 11 is 0. The highest BCUT2D eigenvalue weighted by Gasteiger charge is 2.16. The highest BCUT2D eigenvalue weighted by Crippen LogP contribution is 2.23. The lowest BCUT2D eigenvalue weighted by molar-refractivity contribution is 0.0695. The van der Waals surface area contributed by atoms with Gasteiger partial charge in [0.2, 0.25) is 0 Å². The number of aromatic nitrogens is 1. The van der Waals surface area contributed by atoms with Crippen LogP contribution in [0.3, 0.4) is 0 Å². The second-order valence-electron chi connectivity index (χ2n) is 4.09. The van der Waals surface area contributed by atoms with E-state index in [1.807, 2.05) is 6.92 Å². The van der Waals surface area contributed by atoms with Crippen molar-refractivity contribution in [3.05, 3.63) is 28.6 Å². The fraction of sp³-hybridized carbons (Fsp3) is 0.500. The van der Waals surface area contributed by atoms with Crippen LogP contribution in [0.15, 0.2) is 6.20 Å². The molecule has 0 spiro atoms. The van der Waals surface area contributed by atoms with Crippen molar-refractivity contribution >= 4 is 5.97 Å². The van der Waals surface area contributed by atoms with E-state index in [9.17, 15) is 4.79 Å². The van der Waals surface area contributed by atoms with Crippen molar-refractivity contribution in [3.8, 4) is 0 Å². The quantitative estimate of drug-likeness (QED) is 0.716. The number of fused-ring (bicyclic) bond motifs is 1. The molecule has 0 saturated heterocycles.